The molecule has 0 aliphatic carbocycles. The molecule has 5 heteroatoms. The molecule has 0 unspecified atom stereocenters. The Balaban J connectivity index is 1.71. The van der Waals surface area contributed by atoms with Crippen LogP contribution in [0.15, 0.2) is 66.7 Å². The van der Waals surface area contributed by atoms with Crippen LogP contribution in [0.5, 0.6) is 0 Å². The molecule has 2 aromatic carbocycles. The third-order valence-corrected chi connectivity index (χ3v) is 4.08. The molecule has 0 bridgehead atoms. The van der Waals surface area contributed by atoms with E-state index in [4.69, 9.17) is 0 Å². The van der Waals surface area contributed by atoms with E-state index in [1.54, 1.807) is 11.1 Å². The number of nitrogens with zero attached hydrogens (tertiary/aromatic N) is 3. The summed E-state index contributed by atoms with van der Waals surface area (Å²) in [4.78, 5) is 29.6. The molecule has 118 valence electrons. The number of anilines is 1. The molecule has 3 aromatic rings. The minimum absolute atomic E-state index is 0.209. The Bertz CT molecular complexity index is 924. The van der Waals surface area contributed by atoms with E-state index in [9.17, 15) is 9.59 Å². The molecule has 4 rings (SSSR count). The van der Waals surface area contributed by atoms with Gasteiger partial charge in [-0.1, -0.05) is 42.5 Å². The zero-order chi connectivity index (χ0) is 16.5. The smallest absolute Gasteiger partial charge is 0.275 e. The number of hydrogen-bond acceptors (Lipinski definition) is 4. The summed E-state index contributed by atoms with van der Waals surface area (Å²) in [5.41, 5.74) is 1.82. The van der Waals surface area contributed by atoms with E-state index >= 15 is 0 Å². The monoisotopic (exact) mass is 317 g/mol. The molecule has 1 aliphatic heterocycles. The highest BCUT2D eigenvalue weighted by molar-refractivity contribution is 6.07. The van der Waals surface area contributed by atoms with Crippen molar-refractivity contribution in [2.24, 2.45) is 0 Å². The Hall–Kier alpha value is -3.21. The first-order valence-electron chi connectivity index (χ1n) is 7.79. The second kappa shape index (κ2) is 5.77. The van der Waals surface area contributed by atoms with Crippen molar-refractivity contribution in [2.75, 3.05) is 11.6 Å². The van der Waals surface area contributed by atoms with Crippen molar-refractivity contribution >= 4 is 28.4 Å². The fourth-order valence-corrected chi connectivity index (χ4v) is 2.90. The van der Waals surface area contributed by atoms with Gasteiger partial charge in [0.25, 0.3) is 11.8 Å². The van der Waals surface area contributed by atoms with Gasteiger partial charge in [-0.3, -0.25) is 14.6 Å². The molecule has 2 amide bonds. The van der Waals surface area contributed by atoms with Crippen LogP contribution in [0, 0.1) is 0 Å². The lowest BCUT2D eigenvalue weighted by atomic mass is 10.2. The topological polar surface area (TPSA) is 53.5 Å². The average Bonchev–Trinajstić information content (AvgIpc) is 3.03. The van der Waals surface area contributed by atoms with E-state index in [0.29, 0.717) is 13.0 Å². The maximum atomic E-state index is 12.9. The van der Waals surface area contributed by atoms with Crippen molar-refractivity contribution in [3.05, 3.63) is 72.4 Å². The number of carbonyl (C=O) groups is 2. The molecule has 24 heavy (non-hydrogen) atoms. The minimum Gasteiger partial charge on any atom is -0.275 e. The third-order valence-electron chi connectivity index (χ3n) is 4.08. The highest BCUT2D eigenvalue weighted by Crippen LogP contribution is 2.24. The van der Waals surface area contributed by atoms with Crippen molar-refractivity contribution in [3.63, 3.8) is 0 Å². The van der Waals surface area contributed by atoms with Crippen LogP contribution < -0.4 is 5.01 Å². The first-order valence-corrected chi connectivity index (χ1v) is 7.79. The molecule has 1 fully saturated rings. The number of carbonyl (C=O) groups excluding carboxylic acids is 2. The van der Waals surface area contributed by atoms with Crippen LogP contribution in [-0.2, 0) is 4.79 Å². The lowest BCUT2D eigenvalue weighted by Crippen LogP contribution is -2.44. The Labute approximate surface area is 139 Å². The Morgan fingerprint density at radius 2 is 1.67 bits per heavy atom. The Morgan fingerprint density at radius 1 is 0.917 bits per heavy atom. The third kappa shape index (κ3) is 2.40. The number of aromatic nitrogens is 1. The van der Waals surface area contributed by atoms with Crippen LogP contribution in [0.25, 0.3) is 10.9 Å². The van der Waals surface area contributed by atoms with Gasteiger partial charge in [-0.05, 0) is 24.3 Å². The number of hydrazine groups is 1. The SMILES string of the molecule is O=C1CCN(c2ccccc2)N1C(=O)c1ccc2ccccc2n1. The van der Waals surface area contributed by atoms with Gasteiger partial charge >= 0.3 is 0 Å². The molecule has 1 saturated heterocycles. The summed E-state index contributed by atoms with van der Waals surface area (Å²) in [6, 6.07) is 20.5. The predicted octanol–water partition coefficient (Wildman–Crippen LogP) is 3.03. The van der Waals surface area contributed by atoms with Crippen molar-refractivity contribution in [3.8, 4) is 0 Å². The van der Waals surface area contributed by atoms with E-state index in [-0.39, 0.29) is 11.6 Å². The summed E-state index contributed by atoms with van der Waals surface area (Å²) in [5.74, 6) is -0.606. The molecule has 1 aliphatic rings. The van der Waals surface area contributed by atoms with Gasteiger partial charge in [0, 0.05) is 18.4 Å². The van der Waals surface area contributed by atoms with E-state index in [1.807, 2.05) is 60.7 Å². The molecule has 0 N–H and O–H groups in total. The van der Waals surface area contributed by atoms with Gasteiger partial charge in [0.05, 0.1) is 11.2 Å². The number of rotatable bonds is 2. The minimum atomic E-state index is -0.396. The lowest BCUT2D eigenvalue weighted by molar-refractivity contribution is -0.125. The van der Waals surface area contributed by atoms with Gasteiger partial charge in [-0.2, -0.15) is 5.01 Å². The highest BCUT2D eigenvalue weighted by Gasteiger charge is 2.35. The fourth-order valence-electron chi connectivity index (χ4n) is 2.90. The van der Waals surface area contributed by atoms with Crippen LogP contribution in [0.2, 0.25) is 0 Å². The zero-order valence-corrected chi connectivity index (χ0v) is 12.9. The van der Waals surface area contributed by atoms with Gasteiger partial charge in [-0.15, -0.1) is 0 Å². The van der Waals surface area contributed by atoms with Crippen molar-refractivity contribution in [1.29, 1.82) is 0 Å². The maximum Gasteiger partial charge on any atom is 0.298 e. The standard InChI is InChI=1S/C19H15N3O2/c23-18-12-13-21(15-7-2-1-3-8-15)22(18)19(24)17-11-10-14-6-4-5-9-16(14)20-17/h1-11H,12-13H2. The van der Waals surface area contributed by atoms with E-state index in [2.05, 4.69) is 4.98 Å². The van der Waals surface area contributed by atoms with E-state index in [0.717, 1.165) is 16.6 Å². The quantitative estimate of drug-likeness (QED) is 0.682. The van der Waals surface area contributed by atoms with Gasteiger partial charge < -0.3 is 0 Å². The molecule has 0 spiro atoms. The number of para-hydroxylation sites is 2. The summed E-state index contributed by atoms with van der Waals surface area (Å²) < 4.78 is 0. The summed E-state index contributed by atoms with van der Waals surface area (Å²) in [5, 5.41) is 3.87. The largest absolute Gasteiger partial charge is 0.298 e. The van der Waals surface area contributed by atoms with Crippen LogP contribution in [0.1, 0.15) is 16.9 Å². The molecular formula is C19H15N3O2. The van der Waals surface area contributed by atoms with Crippen molar-refractivity contribution in [2.45, 2.75) is 6.42 Å². The van der Waals surface area contributed by atoms with Crippen LogP contribution in [0.4, 0.5) is 5.69 Å². The molecule has 1 aromatic heterocycles. The van der Waals surface area contributed by atoms with Crippen molar-refractivity contribution < 1.29 is 9.59 Å². The van der Waals surface area contributed by atoms with Gasteiger partial charge in [0.2, 0.25) is 0 Å². The Kier molecular flexibility index (Phi) is 3.46. The van der Waals surface area contributed by atoms with Gasteiger partial charge in [0.1, 0.15) is 5.69 Å². The number of fused-ring (bicyclic) bond motifs is 1. The van der Waals surface area contributed by atoms with Crippen LogP contribution in [0.3, 0.4) is 0 Å². The lowest BCUT2D eigenvalue weighted by Gasteiger charge is -2.27. The summed E-state index contributed by atoms with van der Waals surface area (Å²) in [6.45, 7) is 0.488. The summed E-state index contributed by atoms with van der Waals surface area (Å²) in [7, 11) is 0. The number of benzene rings is 2. The number of pyridine rings is 1. The van der Waals surface area contributed by atoms with E-state index in [1.165, 1.54) is 5.01 Å². The maximum absolute atomic E-state index is 12.9. The van der Waals surface area contributed by atoms with Crippen LogP contribution >= 0.6 is 0 Å². The predicted molar refractivity (Wildman–Crippen MR) is 91.3 cm³/mol. The number of imide groups is 1. The molecule has 0 atom stereocenters. The second-order valence-electron chi connectivity index (χ2n) is 5.61. The normalized spacial score (nSPS) is 14.4. The zero-order valence-electron chi connectivity index (χ0n) is 12.9. The molecule has 0 saturated carbocycles. The summed E-state index contributed by atoms with van der Waals surface area (Å²) in [6.07, 6.45) is 0.314. The Morgan fingerprint density at radius 3 is 2.50 bits per heavy atom. The molecular weight excluding hydrogens is 302 g/mol. The van der Waals surface area contributed by atoms with Gasteiger partial charge in [0.15, 0.2) is 0 Å². The number of hydrogen-bond donors (Lipinski definition) is 0. The first kappa shape index (κ1) is 14.4. The fraction of sp³-hybridized carbons (Fsp3) is 0.105. The molecule has 0 radical (unpaired) electrons. The van der Waals surface area contributed by atoms with E-state index < -0.39 is 5.91 Å². The molecule has 5 nitrogen and oxygen atoms in total. The average molecular weight is 317 g/mol. The summed E-state index contributed by atoms with van der Waals surface area (Å²) >= 11 is 0. The second-order valence-corrected chi connectivity index (χ2v) is 5.61. The van der Waals surface area contributed by atoms with Gasteiger partial charge in [-0.25, -0.2) is 4.98 Å². The van der Waals surface area contributed by atoms with Crippen LogP contribution in [-0.4, -0.2) is 28.4 Å². The highest BCUT2D eigenvalue weighted by atomic mass is 16.2. The first-order chi connectivity index (χ1) is 11.7. The van der Waals surface area contributed by atoms with Crippen molar-refractivity contribution in [1.82, 2.24) is 9.99 Å². The number of amides is 2. The molecule has 2 heterocycles.